The molecule has 1 aliphatic rings. The summed E-state index contributed by atoms with van der Waals surface area (Å²) in [5.41, 5.74) is 7.22. The van der Waals surface area contributed by atoms with Crippen LogP contribution in [0.25, 0.3) is 0 Å². The van der Waals surface area contributed by atoms with Gasteiger partial charge in [-0.2, -0.15) is 10.1 Å². The van der Waals surface area contributed by atoms with Crippen molar-refractivity contribution in [2.75, 3.05) is 17.7 Å². The summed E-state index contributed by atoms with van der Waals surface area (Å²) in [6.07, 6.45) is 1.48. The Balaban J connectivity index is 1.48. The highest BCUT2D eigenvalue weighted by atomic mass is 16.5. The first kappa shape index (κ1) is 25.1. The maximum absolute atomic E-state index is 13.7. The Morgan fingerprint density at radius 1 is 1.00 bits per heavy atom. The average Bonchev–Trinajstić information content (AvgIpc) is 3.36. The Labute approximate surface area is 222 Å². The van der Waals surface area contributed by atoms with Crippen molar-refractivity contribution in [3.63, 3.8) is 0 Å². The fraction of sp³-hybridized carbons (Fsp3) is 0.233. The predicted octanol–water partition coefficient (Wildman–Crippen LogP) is 5.72. The number of ether oxygens (including phenoxy) is 2. The maximum Gasteiger partial charge on any atom is 0.255 e. The number of aromatic nitrogens is 3. The van der Waals surface area contributed by atoms with E-state index >= 15 is 0 Å². The molecule has 2 heterocycles. The molecule has 1 amide bonds. The summed E-state index contributed by atoms with van der Waals surface area (Å²) in [7, 11) is 1.61. The van der Waals surface area contributed by atoms with E-state index in [1.54, 1.807) is 11.8 Å². The number of carbonyl (C=O) groups excluding carboxylic acids is 1. The monoisotopic (exact) mass is 509 g/mol. The smallest absolute Gasteiger partial charge is 0.255 e. The average molecular weight is 510 g/mol. The minimum Gasteiger partial charge on any atom is -0.493 e. The zero-order chi connectivity index (χ0) is 26.8. The fourth-order valence-electron chi connectivity index (χ4n) is 4.77. The third-order valence-electron chi connectivity index (χ3n) is 6.65. The molecule has 8 heteroatoms. The SMILES string of the molecule is COc1cc([C@@H]2C(C(=O)Nc3ccc(C)cc3C)=C(C)Nc3ncnn32)ccc1OCc1cccc(C)c1. The minimum atomic E-state index is -0.515. The summed E-state index contributed by atoms with van der Waals surface area (Å²) >= 11 is 0. The van der Waals surface area contributed by atoms with Gasteiger partial charge in [0, 0.05) is 11.4 Å². The summed E-state index contributed by atoms with van der Waals surface area (Å²) in [6, 6.07) is 19.3. The second-order valence-corrected chi connectivity index (χ2v) is 9.55. The fourth-order valence-corrected chi connectivity index (χ4v) is 4.77. The third-order valence-corrected chi connectivity index (χ3v) is 6.65. The molecular formula is C30H31N5O3. The van der Waals surface area contributed by atoms with Crippen molar-refractivity contribution in [3.05, 3.63) is 106 Å². The molecule has 194 valence electrons. The molecule has 0 saturated carbocycles. The number of nitrogens with zero attached hydrogens (tertiary/aromatic N) is 3. The van der Waals surface area contributed by atoms with Crippen molar-refractivity contribution in [2.24, 2.45) is 0 Å². The number of anilines is 2. The Bertz CT molecular complexity index is 1540. The number of hydrogen-bond acceptors (Lipinski definition) is 6. The number of amides is 1. The molecule has 5 rings (SSSR count). The quantitative estimate of drug-likeness (QED) is 0.331. The van der Waals surface area contributed by atoms with Crippen LogP contribution in [0, 0.1) is 20.8 Å². The summed E-state index contributed by atoms with van der Waals surface area (Å²) in [5.74, 6) is 1.54. The van der Waals surface area contributed by atoms with E-state index in [1.807, 2.05) is 69.3 Å². The lowest BCUT2D eigenvalue weighted by molar-refractivity contribution is -0.113. The van der Waals surface area contributed by atoms with Gasteiger partial charge in [0.2, 0.25) is 5.95 Å². The first-order valence-corrected chi connectivity index (χ1v) is 12.5. The molecule has 1 atom stereocenters. The van der Waals surface area contributed by atoms with Crippen LogP contribution in [0.5, 0.6) is 11.5 Å². The van der Waals surface area contributed by atoms with E-state index in [0.717, 1.165) is 27.9 Å². The number of aryl methyl sites for hydroxylation is 3. The molecule has 0 spiro atoms. The van der Waals surface area contributed by atoms with Crippen LogP contribution in [-0.4, -0.2) is 27.8 Å². The molecule has 8 nitrogen and oxygen atoms in total. The molecule has 3 aromatic carbocycles. The molecule has 0 fully saturated rings. The van der Waals surface area contributed by atoms with Crippen LogP contribution >= 0.6 is 0 Å². The van der Waals surface area contributed by atoms with Crippen molar-refractivity contribution in [1.82, 2.24) is 14.8 Å². The Hall–Kier alpha value is -4.59. The number of fused-ring (bicyclic) bond motifs is 1. The number of hydrogen-bond donors (Lipinski definition) is 2. The Morgan fingerprint density at radius 3 is 2.58 bits per heavy atom. The highest BCUT2D eigenvalue weighted by Crippen LogP contribution is 2.39. The van der Waals surface area contributed by atoms with Crippen molar-refractivity contribution in [3.8, 4) is 11.5 Å². The first-order chi connectivity index (χ1) is 18.3. The van der Waals surface area contributed by atoms with E-state index in [4.69, 9.17) is 9.47 Å². The van der Waals surface area contributed by atoms with Gasteiger partial charge in [0.05, 0.1) is 12.7 Å². The van der Waals surface area contributed by atoms with E-state index in [0.29, 0.717) is 35.3 Å². The standard InChI is InChI=1S/C30H31N5O3/c1-18-7-6-8-22(14-18)16-38-25-12-10-23(15-26(25)37-5)28-27(21(4)33-30-31-17-32-35(28)30)29(36)34-24-11-9-19(2)13-20(24)3/h6-15,17,28H,16H2,1-5H3,(H,34,36)(H,31,32,33)/t28-/m1/s1. The number of carbonyl (C=O) groups is 1. The van der Waals surface area contributed by atoms with Gasteiger partial charge in [-0.05, 0) is 62.6 Å². The summed E-state index contributed by atoms with van der Waals surface area (Å²) in [6.45, 7) is 8.36. The van der Waals surface area contributed by atoms with Gasteiger partial charge < -0.3 is 20.1 Å². The largest absolute Gasteiger partial charge is 0.493 e. The molecule has 0 radical (unpaired) electrons. The van der Waals surface area contributed by atoms with Crippen LogP contribution in [0.2, 0.25) is 0 Å². The van der Waals surface area contributed by atoms with E-state index in [1.165, 1.54) is 11.9 Å². The van der Waals surface area contributed by atoms with Gasteiger partial charge in [-0.15, -0.1) is 0 Å². The van der Waals surface area contributed by atoms with E-state index in [-0.39, 0.29) is 5.91 Å². The van der Waals surface area contributed by atoms with E-state index in [9.17, 15) is 4.79 Å². The lowest BCUT2D eigenvalue weighted by Gasteiger charge is -2.29. The van der Waals surface area contributed by atoms with Crippen LogP contribution in [0.15, 0.2) is 78.3 Å². The highest BCUT2D eigenvalue weighted by Gasteiger charge is 2.34. The van der Waals surface area contributed by atoms with E-state index < -0.39 is 6.04 Å². The van der Waals surface area contributed by atoms with Crippen LogP contribution in [0.1, 0.15) is 40.8 Å². The van der Waals surface area contributed by atoms with Crippen molar-refractivity contribution < 1.29 is 14.3 Å². The number of methoxy groups -OCH3 is 1. The molecule has 0 bridgehead atoms. The summed E-state index contributed by atoms with van der Waals surface area (Å²) < 4.78 is 13.5. The van der Waals surface area contributed by atoms with Gasteiger partial charge in [-0.3, -0.25) is 4.79 Å². The normalized spacial score (nSPS) is 14.5. The zero-order valence-electron chi connectivity index (χ0n) is 22.2. The number of nitrogens with one attached hydrogen (secondary N) is 2. The second kappa shape index (κ2) is 10.4. The molecule has 2 N–H and O–H groups in total. The van der Waals surface area contributed by atoms with Gasteiger partial charge in [-0.25, -0.2) is 4.68 Å². The molecule has 38 heavy (non-hydrogen) atoms. The predicted molar refractivity (Wildman–Crippen MR) is 148 cm³/mol. The summed E-state index contributed by atoms with van der Waals surface area (Å²) in [5, 5.41) is 10.7. The van der Waals surface area contributed by atoms with Gasteiger partial charge in [0.1, 0.15) is 19.0 Å². The third kappa shape index (κ3) is 4.98. The van der Waals surface area contributed by atoms with Crippen LogP contribution in [-0.2, 0) is 11.4 Å². The topological polar surface area (TPSA) is 90.3 Å². The van der Waals surface area contributed by atoms with Gasteiger partial charge in [0.15, 0.2) is 11.5 Å². The van der Waals surface area contributed by atoms with Gasteiger partial charge in [0.25, 0.3) is 5.91 Å². The molecule has 0 saturated heterocycles. The first-order valence-electron chi connectivity index (χ1n) is 12.5. The molecule has 0 unspecified atom stereocenters. The van der Waals surface area contributed by atoms with Crippen molar-refractivity contribution in [1.29, 1.82) is 0 Å². The Morgan fingerprint density at radius 2 is 1.82 bits per heavy atom. The highest BCUT2D eigenvalue weighted by molar-refractivity contribution is 6.06. The molecule has 1 aromatic heterocycles. The van der Waals surface area contributed by atoms with Crippen molar-refractivity contribution >= 4 is 17.5 Å². The van der Waals surface area contributed by atoms with Crippen LogP contribution in [0.4, 0.5) is 11.6 Å². The lowest BCUT2D eigenvalue weighted by Crippen LogP contribution is -2.31. The second-order valence-electron chi connectivity index (χ2n) is 9.55. The zero-order valence-corrected chi connectivity index (χ0v) is 22.2. The molecular weight excluding hydrogens is 478 g/mol. The maximum atomic E-state index is 13.7. The van der Waals surface area contributed by atoms with Gasteiger partial charge in [-0.1, -0.05) is 53.6 Å². The molecule has 4 aromatic rings. The van der Waals surface area contributed by atoms with Gasteiger partial charge >= 0.3 is 0 Å². The molecule has 1 aliphatic heterocycles. The summed E-state index contributed by atoms with van der Waals surface area (Å²) in [4.78, 5) is 18.0. The minimum absolute atomic E-state index is 0.216. The lowest BCUT2D eigenvalue weighted by atomic mass is 9.94. The van der Waals surface area contributed by atoms with Crippen molar-refractivity contribution in [2.45, 2.75) is 40.3 Å². The molecule has 0 aliphatic carbocycles. The number of allylic oxidation sites excluding steroid dienone is 1. The Kier molecular flexibility index (Phi) is 6.87. The van der Waals surface area contributed by atoms with Crippen LogP contribution < -0.4 is 20.1 Å². The van der Waals surface area contributed by atoms with Crippen LogP contribution in [0.3, 0.4) is 0 Å². The van der Waals surface area contributed by atoms with E-state index in [2.05, 4.69) is 39.8 Å². The number of rotatable bonds is 7. The number of benzene rings is 3.